The smallest absolute Gasteiger partial charge is 0.268 e. The van der Waals surface area contributed by atoms with Crippen molar-refractivity contribution < 1.29 is 9.59 Å². The normalized spacial score (nSPS) is 19.5. The SMILES string of the molecule is Cc1ccc(C)c(N2C(=O)C(=C3SC(=S)N(c4cc(C)ccc4C)C3=O)SC2=S)c1. The molecule has 0 radical (unpaired) electrons. The standard InChI is InChI=1S/C22H18N2O2S4/c1-11-5-7-13(3)15(9-11)23-19(25)17(29-21(23)27)18-20(26)24(22(28)30-18)16-10-12(2)6-8-14(16)4/h5-10H,1-4H3. The first-order valence-corrected chi connectivity index (χ1v) is 11.7. The van der Waals surface area contributed by atoms with E-state index < -0.39 is 0 Å². The third-order valence-corrected chi connectivity index (χ3v) is 7.83. The Morgan fingerprint density at radius 1 is 0.667 bits per heavy atom. The molecule has 0 bridgehead atoms. The molecule has 0 unspecified atom stereocenters. The van der Waals surface area contributed by atoms with E-state index >= 15 is 0 Å². The predicted octanol–water partition coefficient (Wildman–Crippen LogP) is 5.56. The molecule has 0 N–H and O–H groups in total. The number of amides is 2. The van der Waals surface area contributed by atoms with Crippen LogP contribution in [0.5, 0.6) is 0 Å². The Morgan fingerprint density at radius 2 is 1.03 bits per heavy atom. The minimum atomic E-state index is -0.278. The fourth-order valence-corrected chi connectivity index (χ4v) is 6.07. The van der Waals surface area contributed by atoms with E-state index in [1.165, 1.54) is 9.80 Å². The molecule has 2 aliphatic rings. The van der Waals surface area contributed by atoms with Crippen LogP contribution in [-0.2, 0) is 9.59 Å². The molecule has 2 aliphatic heterocycles. The molecule has 0 atom stereocenters. The molecule has 152 valence electrons. The van der Waals surface area contributed by atoms with Crippen LogP contribution in [0.1, 0.15) is 22.3 Å². The number of thiocarbonyl (C=S) groups is 2. The predicted molar refractivity (Wildman–Crippen MR) is 134 cm³/mol. The number of benzene rings is 2. The Hall–Kier alpha value is -2.00. The van der Waals surface area contributed by atoms with Gasteiger partial charge in [0.25, 0.3) is 11.8 Å². The van der Waals surface area contributed by atoms with Crippen molar-refractivity contribution in [1.82, 2.24) is 0 Å². The number of anilines is 2. The maximum atomic E-state index is 13.3. The summed E-state index contributed by atoms with van der Waals surface area (Å²) in [5.74, 6) is -0.555. The Morgan fingerprint density at radius 3 is 1.40 bits per heavy atom. The number of hydrogen-bond donors (Lipinski definition) is 0. The largest absolute Gasteiger partial charge is 0.272 e. The molecule has 2 saturated heterocycles. The summed E-state index contributed by atoms with van der Waals surface area (Å²) >= 11 is 13.3. The number of carbonyl (C=O) groups excluding carboxylic acids is 2. The zero-order valence-electron chi connectivity index (χ0n) is 16.8. The maximum Gasteiger partial charge on any atom is 0.272 e. The van der Waals surface area contributed by atoms with Gasteiger partial charge in [-0.1, -0.05) is 72.2 Å². The molecule has 2 amide bonds. The molecular formula is C22H18N2O2S4. The van der Waals surface area contributed by atoms with Gasteiger partial charge in [0.2, 0.25) is 0 Å². The van der Waals surface area contributed by atoms with Gasteiger partial charge in [-0.3, -0.25) is 19.4 Å². The van der Waals surface area contributed by atoms with Gasteiger partial charge < -0.3 is 0 Å². The monoisotopic (exact) mass is 470 g/mol. The zero-order valence-corrected chi connectivity index (χ0v) is 20.1. The van der Waals surface area contributed by atoms with Gasteiger partial charge in [0, 0.05) is 0 Å². The Labute approximate surface area is 194 Å². The van der Waals surface area contributed by atoms with Crippen molar-refractivity contribution >= 4 is 79.8 Å². The molecule has 0 aromatic heterocycles. The number of rotatable bonds is 2. The first kappa shape index (κ1) is 21.2. The fraction of sp³-hybridized carbons (Fsp3) is 0.182. The number of nitrogens with zero attached hydrogens (tertiary/aromatic N) is 2. The van der Waals surface area contributed by atoms with Crippen LogP contribution in [-0.4, -0.2) is 20.5 Å². The first-order chi connectivity index (χ1) is 14.2. The van der Waals surface area contributed by atoms with E-state index in [2.05, 4.69) is 0 Å². The highest BCUT2D eigenvalue weighted by atomic mass is 32.2. The molecule has 0 saturated carbocycles. The topological polar surface area (TPSA) is 40.6 Å². The molecule has 2 aromatic carbocycles. The highest BCUT2D eigenvalue weighted by Gasteiger charge is 2.43. The van der Waals surface area contributed by atoms with Gasteiger partial charge in [-0.05, 0) is 62.1 Å². The first-order valence-electron chi connectivity index (χ1n) is 9.20. The van der Waals surface area contributed by atoms with Crippen LogP contribution in [0.4, 0.5) is 11.4 Å². The summed E-state index contributed by atoms with van der Waals surface area (Å²) in [6.07, 6.45) is 0. The summed E-state index contributed by atoms with van der Waals surface area (Å²) in [4.78, 5) is 30.3. The minimum absolute atomic E-state index is 0.278. The van der Waals surface area contributed by atoms with Crippen molar-refractivity contribution in [3.8, 4) is 0 Å². The number of thioether (sulfide) groups is 2. The van der Waals surface area contributed by atoms with Crippen LogP contribution >= 0.6 is 48.0 Å². The second kappa shape index (κ2) is 7.92. The Kier molecular flexibility index (Phi) is 5.61. The molecule has 0 spiro atoms. The van der Waals surface area contributed by atoms with Crippen molar-refractivity contribution in [2.45, 2.75) is 27.7 Å². The van der Waals surface area contributed by atoms with E-state index in [-0.39, 0.29) is 11.8 Å². The van der Waals surface area contributed by atoms with Gasteiger partial charge in [-0.15, -0.1) is 0 Å². The molecule has 2 fully saturated rings. The maximum absolute atomic E-state index is 13.3. The van der Waals surface area contributed by atoms with E-state index in [0.717, 1.165) is 57.2 Å². The highest BCUT2D eigenvalue weighted by Crippen LogP contribution is 2.45. The van der Waals surface area contributed by atoms with Crippen molar-refractivity contribution in [1.29, 1.82) is 0 Å². The molecule has 2 aromatic rings. The van der Waals surface area contributed by atoms with Gasteiger partial charge in [-0.25, -0.2) is 0 Å². The lowest BCUT2D eigenvalue weighted by Crippen LogP contribution is -2.30. The molecule has 4 nitrogen and oxygen atoms in total. The molecular weight excluding hydrogens is 453 g/mol. The lowest BCUT2D eigenvalue weighted by molar-refractivity contribution is -0.115. The number of aryl methyl sites for hydroxylation is 4. The molecule has 4 rings (SSSR count). The fourth-order valence-electron chi connectivity index (χ4n) is 3.35. The van der Waals surface area contributed by atoms with Crippen LogP contribution in [0.3, 0.4) is 0 Å². The molecule has 8 heteroatoms. The third-order valence-electron chi connectivity index (χ3n) is 4.96. The highest BCUT2D eigenvalue weighted by molar-refractivity contribution is 8.30. The summed E-state index contributed by atoms with van der Waals surface area (Å²) in [6, 6.07) is 11.8. The lowest BCUT2D eigenvalue weighted by Gasteiger charge is -2.18. The Bertz CT molecular complexity index is 1090. The van der Waals surface area contributed by atoms with E-state index in [1.54, 1.807) is 0 Å². The molecule has 2 heterocycles. The van der Waals surface area contributed by atoms with Crippen molar-refractivity contribution in [2.24, 2.45) is 0 Å². The number of hydrogen-bond acceptors (Lipinski definition) is 6. The van der Waals surface area contributed by atoms with E-state index in [9.17, 15) is 9.59 Å². The summed E-state index contributed by atoms with van der Waals surface area (Å²) in [6.45, 7) is 7.81. The summed E-state index contributed by atoms with van der Waals surface area (Å²) in [7, 11) is 0. The summed E-state index contributed by atoms with van der Waals surface area (Å²) < 4.78 is 0.835. The van der Waals surface area contributed by atoms with Crippen LogP contribution < -0.4 is 9.80 Å². The zero-order chi connectivity index (χ0) is 21.7. The van der Waals surface area contributed by atoms with Gasteiger partial charge in [-0.2, -0.15) is 0 Å². The van der Waals surface area contributed by atoms with Gasteiger partial charge in [0.05, 0.1) is 21.2 Å². The Balaban J connectivity index is 1.75. The quantitative estimate of drug-likeness (QED) is 0.423. The number of carbonyl (C=O) groups is 2. The van der Waals surface area contributed by atoms with Gasteiger partial charge in [0.1, 0.15) is 0 Å². The van der Waals surface area contributed by atoms with E-state index in [1.807, 2.05) is 64.1 Å². The molecule has 0 aliphatic carbocycles. The van der Waals surface area contributed by atoms with E-state index in [4.69, 9.17) is 24.4 Å². The molecule has 30 heavy (non-hydrogen) atoms. The van der Waals surface area contributed by atoms with Crippen LogP contribution in [0.2, 0.25) is 0 Å². The summed E-state index contributed by atoms with van der Waals surface area (Å²) in [5, 5.41) is 0. The van der Waals surface area contributed by atoms with Gasteiger partial charge in [0.15, 0.2) is 8.64 Å². The van der Waals surface area contributed by atoms with Gasteiger partial charge >= 0.3 is 0 Å². The minimum Gasteiger partial charge on any atom is -0.268 e. The average molecular weight is 471 g/mol. The average Bonchev–Trinajstić information content (AvgIpc) is 3.14. The van der Waals surface area contributed by atoms with Crippen molar-refractivity contribution in [2.75, 3.05) is 9.80 Å². The van der Waals surface area contributed by atoms with Crippen LogP contribution in [0, 0.1) is 27.7 Å². The van der Waals surface area contributed by atoms with E-state index in [0.29, 0.717) is 18.5 Å². The second-order valence-corrected chi connectivity index (χ2v) is 10.5. The lowest BCUT2D eigenvalue weighted by atomic mass is 10.1. The third kappa shape index (κ3) is 3.51. The van der Waals surface area contributed by atoms with Crippen molar-refractivity contribution in [3.05, 3.63) is 68.5 Å². The van der Waals surface area contributed by atoms with Crippen LogP contribution in [0.25, 0.3) is 0 Å². The van der Waals surface area contributed by atoms with Crippen molar-refractivity contribution in [3.63, 3.8) is 0 Å². The second-order valence-electron chi connectivity index (χ2n) is 7.26. The summed E-state index contributed by atoms with van der Waals surface area (Å²) in [5.41, 5.74) is 5.45. The van der Waals surface area contributed by atoms with Crippen LogP contribution in [0.15, 0.2) is 46.2 Å².